The average Bonchev–Trinajstić information content (AvgIpc) is 2.92. The number of benzene rings is 1. The molecule has 0 saturated heterocycles. The maximum absolute atomic E-state index is 4.71. The maximum Gasteiger partial charge on any atom is 0.0739 e. The minimum absolute atomic E-state index is 0.748. The summed E-state index contributed by atoms with van der Waals surface area (Å²) in [6, 6.07) is 8.69. The molecule has 2 aliphatic rings. The Labute approximate surface area is 229 Å². The largest absolute Gasteiger partial charge is 0.195 e. The van der Waals surface area contributed by atoms with Crippen molar-refractivity contribution in [1.82, 2.24) is 0 Å². The molecule has 2 heteroatoms. The van der Waals surface area contributed by atoms with Crippen LogP contribution in [0.15, 0.2) is 29.3 Å². The van der Waals surface area contributed by atoms with Crippen LogP contribution in [0, 0.1) is 17.8 Å². The maximum atomic E-state index is 4.71. The van der Waals surface area contributed by atoms with E-state index in [1.807, 2.05) is 0 Å². The quantitative estimate of drug-likeness (QED) is 0.115. The van der Waals surface area contributed by atoms with E-state index >= 15 is 0 Å². The van der Waals surface area contributed by atoms with Gasteiger partial charge in [-0.05, 0) is 79.3 Å². The second kappa shape index (κ2) is 18.3. The normalized spacial score (nSPS) is 24.4. The molecule has 0 aromatic heterocycles. The van der Waals surface area contributed by atoms with Crippen LogP contribution in [0.2, 0.25) is 0 Å². The Hall–Kier alpha value is -0.980. The summed E-state index contributed by atoms with van der Waals surface area (Å²) in [5, 5.41) is 2.46. The molecule has 36 heavy (non-hydrogen) atoms. The highest BCUT2D eigenvalue weighted by molar-refractivity contribution is 7.78. The lowest BCUT2D eigenvalue weighted by Crippen LogP contribution is -2.17. The van der Waals surface area contributed by atoms with Crippen LogP contribution >= 0.6 is 12.2 Å². The first-order chi connectivity index (χ1) is 17.8. The van der Waals surface area contributed by atoms with Gasteiger partial charge < -0.3 is 0 Å². The summed E-state index contributed by atoms with van der Waals surface area (Å²) in [5.41, 5.74) is 2.42. The highest BCUT2D eigenvalue weighted by atomic mass is 32.1. The van der Waals surface area contributed by atoms with Gasteiger partial charge in [0.1, 0.15) is 0 Å². The molecule has 3 rings (SSSR count). The number of aliphatic imine (C=N–C) groups is 1. The zero-order valence-electron chi connectivity index (χ0n) is 23.5. The van der Waals surface area contributed by atoms with Gasteiger partial charge in [0.05, 0.1) is 10.8 Å². The Morgan fingerprint density at radius 2 is 1.06 bits per heavy atom. The van der Waals surface area contributed by atoms with Gasteiger partial charge in [0, 0.05) is 0 Å². The van der Waals surface area contributed by atoms with Gasteiger partial charge in [-0.25, -0.2) is 0 Å². The SMILES string of the molecule is CCCCCCCCCCCCCC1CCC(CCC2CCC(c3ccc(N=C=S)cc3)CC2)CC1. The van der Waals surface area contributed by atoms with Gasteiger partial charge in [-0.3, -0.25) is 0 Å². The fourth-order valence-electron chi connectivity index (χ4n) is 7.04. The second-order valence-corrected chi connectivity index (χ2v) is 12.5. The van der Waals surface area contributed by atoms with E-state index in [1.165, 1.54) is 147 Å². The summed E-state index contributed by atoms with van der Waals surface area (Å²) in [7, 11) is 0. The second-order valence-electron chi connectivity index (χ2n) is 12.3. The molecule has 2 saturated carbocycles. The molecule has 0 N–H and O–H groups in total. The van der Waals surface area contributed by atoms with E-state index in [1.54, 1.807) is 0 Å². The molecule has 1 aromatic rings. The molecular formula is C34H55NS. The van der Waals surface area contributed by atoms with Gasteiger partial charge >= 0.3 is 0 Å². The van der Waals surface area contributed by atoms with Crippen molar-refractivity contribution in [2.45, 2.75) is 154 Å². The summed E-state index contributed by atoms with van der Waals surface area (Å²) in [4.78, 5) is 4.08. The number of hydrogen-bond donors (Lipinski definition) is 0. The van der Waals surface area contributed by atoms with Crippen molar-refractivity contribution in [3.8, 4) is 0 Å². The van der Waals surface area contributed by atoms with E-state index in [0.717, 1.165) is 29.4 Å². The standard InChI is InChI=1S/C34H55NS/c1-2-3-4-5-6-7-8-9-10-11-12-13-29-14-16-30(17-15-29)18-19-31-20-22-32(23-21-31)33-24-26-34(27-25-33)35-28-36/h24-27,29-32H,2-23H2,1H3. The zero-order valence-corrected chi connectivity index (χ0v) is 24.3. The van der Waals surface area contributed by atoms with E-state index < -0.39 is 0 Å². The Balaban J connectivity index is 1.16. The number of thiocarbonyl (C=S) groups is 1. The fraction of sp³-hybridized carbons (Fsp3) is 0.794. The molecule has 2 fully saturated rings. The van der Waals surface area contributed by atoms with Crippen LogP contribution in [-0.2, 0) is 0 Å². The summed E-state index contributed by atoms with van der Waals surface area (Å²) in [5.74, 6) is 3.81. The molecule has 0 aliphatic heterocycles. The lowest BCUT2D eigenvalue weighted by Gasteiger charge is -2.32. The van der Waals surface area contributed by atoms with E-state index in [2.05, 4.69) is 41.3 Å². The molecular weight excluding hydrogens is 454 g/mol. The number of hydrogen-bond acceptors (Lipinski definition) is 2. The highest BCUT2D eigenvalue weighted by Gasteiger charge is 2.25. The third kappa shape index (κ3) is 11.6. The third-order valence-corrected chi connectivity index (χ3v) is 9.64. The van der Waals surface area contributed by atoms with Crippen LogP contribution in [0.25, 0.3) is 0 Å². The molecule has 2 aliphatic carbocycles. The first-order valence-electron chi connectivity index (χ1n) is 16.0. The molecule has 0 heterocycles. The van der Waals surface area contributed by atoms with E-state index in [4.69, 9.17) is 12.2 Å². The Bertz CT molecular complexity index is 718. The van der Waals surface area contributed by atoms with Crippen molar-refractivity contribution in [2.75, 3.05) is 0 Å². The monoisotopic (exact) mass is 509 g/mol. The van der Waals surface area contributed by atoms with Crippen LogP contribution in [0.5, 0.6) is 0 Å². The Morgan fingerprint density at radius 3 is 1.56 bits per heavy atom. The molecule has 0 atom stereocenters. The predicted molar refractivity (Wildman–Crippen MR) is 162 cm³/mol. The van der Waals surface area contributed by atoms with Crippen LogP contribution in [0.1, 0.15) is 160 Å². The molecule has 0 bridgehead atoms. The minimum Gasteiger partial charge on any atom is -0.195 e. The predicted octanol–water partition coefficient (Wildman–Crippen LogP) is 12.0. The lowest BCUT2D eigenvalue weighted by molar-refractivity contribution is 0.222. The smallest absolute Gasteiger partial charge is 0.0739 e. The summed E-state index contributed by atoms with van der Waals surface area (Å²) in [6.07, 6.45) is 32.3. The highest BCUT2D eigenvalue weighted by Crippen LogP contribution is 2.40. The summed E-state index contributed by atoms with van der Waals surface area (Å²) < 4.78 is 0. The van der Waals surface area contributed by atoms with Gasteiger partial charge in [-0.15, -0.1) is 0 Å². The number of isothiocyanates is 1. The number of unbranched alkanes of at least 4 members (excludes halogenated alkanes) is 10. The van der Waals surface area contributed by atoms with Crippen molar-refractivity contribution in [1.29, 1.82) is 0 Å². The summed E-state index contributed by atoms with van der Waals surface area (Å²) >= 11 is 4.71. The summed E-state index contributed by atoms with van der Waals surface area (Å²) in [6.45, 7) is 2.31. The van der Waals surface area contributed by atoms with Gasteiger partial charge in [-0.1, -0.05) is 135 Å². The molecule has 0 radical (unpaired) electrons. The zero-order chi connectivity index (χ0) is 25.3. The first-order valence-corrected chi connectivity index (χ1v) is 16.4. The van der Waals surface area contributed by atoms with Gasteiger partial charge in [0.15, 0.2) is 0 Å². The molecule has 0 unspecified atom stereocenters. The van der Waals surface area contributed by atoms with Crippen molar-refractivity contribution in [2.24, 2.45) is 22.7 Å². The van der Waals surface area contributed by atoms with Crippen LogP contribution < -0.4 is 0 Å². The topological polar surface area (TPSA) is 12.4 Å². The van der Waals surface area contributed by atoms with Crippen molar-refractivity contribution in [3.05, 3.63) is 29.8 Å². The third-order valence-electron chi connectivity index (χ3n) is 9.55. The fourth-order valence-corrected chi connectivity index (χ4v) is 7.14. The lowest BCUT2D eigenvalue weighted by atomic mass is 9.74. The van der Waals surface area contributed by atoms with Gasteiger partial charge in [0.2, 0.25) is 0 Å². The first kappa shape index (κ1) is 29.6. The molecule has 202 valence electrons. The van der Waals surface area contributed by atoms with E-state index in [0.29, 0.717) is 0 Å². The van der Waals surface area contributed by atoms with Gasteiger partial charge in [-0.2, -0.15) is 4.99 Å². The van der Waals surface area contributed by atoms with Crippen LogP contribution in [0.4, 0.5) is 5.69 Å². The molecule has 0 amide bonds. The van der Waals surface area contributed by atoms with E-state index in [-0.39, 0.29) is 0 Å². The Morgan fingerprint density at radius 1 is 0.611 bits per heavy atom. The van der Waals surface area contributed by atoms with Crippen molar-refractivity contribution < 1.29 is 0 Å². The van der Waals surface area contributed by atoms with Crippen LogP contribution in [0.3, 0.4) is 0 Å². The molecule has 1 nitrogen and oxygen atoms in total. The number of nitrogens with zero attached hydrogens (tertiary/aromatic N) is 1. The Kier molecular flexibility index (Phi) is 15.0. The van der Waals surface area contributed by atoms with Gasteiger partial charge in [0.25, 0.3) is 0 Å². The number of rotatable bonds is 17. The minimum atomic E-state index is 0.748. The molecule has 1 aromatic carbocycles. The average molecular weight is 510 g/mol. The molecule has 0 spiro atoms. The van der Waals surface area contributed by atoms with Crippen LogP contribution in [-0.4, -0.2) is 5.16 Å². The van der Waals surface area contributed by atoms with Crippen molar-refractivity contribution >= 4 is 23.1 Å². The van der Waals surface area contributed by atoms with Crippen molar-refractivity contribution in [3.63, 3.8) is 0 Å². The van der Waals surface area contributed by atoms with E-state index in [9.17, 15) is 0 Å².